The molecule has 3 heterocycles. The van der Waals surface area contributed by atoms with Gasteiger partial charge in [-0.3, -0.25) is 9.59 Å². The number of carbonyl (C=O) groups is 1. The van der Waals surface area contributed by atoms with E-state index in [1.165, 1.54) is 4.52 Å². The first-order valence-corrected chi connectivity index (χ1v) is 8.64. The smallest absolute Gasteiger partial charge is 0.276 e. The van der Waals surface area contributed by atoms with Crippen LogP contribution in [0.4, 0.5) is 0 Å². The van der Waals surface area contributed by atoms with Crippen LogP contribution in [-0.4, -0.2) is 45.0 Å². The minimum Gasteiger partial charge on any atom is -0.376 e. The van der Waals surface area contributed by atoms with Gasteiger partial charge in [0.1, 0.15) is 0 Å². The highest BCUT2D eigenvalue weighted by molar-refractivity contribution is 6.30. The molecule has 1 amide bonds. The second-order valence-corrected chi connectivity index (χ2v) is 6.52. The molecule has 134 valence electrons. The summed E-state index contributed by atoms with van der Waals surface area (Å²) < 4.78 is 6.78. The zero-order valence-corrected chi connectivity index (χ0v) is 14.5. The van der Waals surface area contributed by atoms with Gasteiger partial charge in [0.05, 0.1) is 18.0 Å². The van der Waals surface area contributed by atoms with Crippen molar-refractivity contribution in [3.05, 3.63) is 51.5 Å². The number of H-pyrrole nitrogens is 1. The number of rotatable bonds is 4. The normalized spacial score (nSPS) is 16.9. The third kappa shape index (κ3) is 3.21. The predicted molar refractivity (Wildman–Crippen MR) is 95.4 cm³/mol. The number of amides is 1. The molecule has 2 aromatic heterocycles. The number of aromatic amines is 1. The zero-order valence-electron chi connectivity index (χ0n) is 13.7. The first kappa shape index (κ1) is 16.7. The zero-order chi connectivity index (χ0) is 18.1. The highest BCUT2D eigenvalue weighted by atomic mass is 35.5. The summed E-state index contributed by atoms with van der Waals surface area (Å²) in [4.78, 5) is 27.6. The van der Waals surface area contributed by atoms with E-state index >= 15 is 0 Å². The van der Waals surface area contributed by atoms with Crippen LogP contribution in [0.3, 0.4) is 0 Å². The van der Waals surface area contributed by atoms with Crippen molar-refractivity contribution >= 4 is 23.0 Å². The van der Waals surface area contributed by atoms with Gasteiger partial charge in [0.25, 0.3) is 11.5 Å². The van der Waals surface area contributed by atoms with Crippen LogP contribution in [0.5, 0.6) is 0 Å². The van der Waals surface area contributed by atoms with E-state index in [2.05, 4.69) is 20.6 Å². The Kier molecular flexibility index (Phi) is 4.44. The summed E-state index contributed by atoms with van der Waals surface area (Å²) >= 11 is 5.89. The van der Waals surface area contributed by atoms with Crippen molar-refractivity contribution in [1.82, 2.24) is 25.1 Å². The molecule has 1 aliphatic heterocycles. The summed E-state index contributed by atoms with van der Waals surface area (Å²) in [5.41, 5.74) is 0.979. The van der Waals surface area contributed by atoms with Gasteiger partial charge in [0.15, 0.2) is 11.2 Å². The first-order chi connectivity index (χ1) is 12.6. The molecular weight excluding hydrogens is 358 g/mol. The number of hydrogen-bond acceptors (Lipinski definition) is 5. The summed E-state index contributed by atoms with van der Waals surface area (Å²) in [6.45, 7) is 1.10. The number of hydrogen-bond donors (Lipinski definition) is 2. The third-order valence-corrected chi connectivity index (χ3v) is 4.55. The molecule has 0 aliphatic carbocycles. The average Bonchev–Trinajstić information content (AvgIpc) is 3.30. The predicted octanol–water partition coefficient (Wildman–Crippen LogP) is 1.65. The van der Waals surface area contributed by atoms with E-state index in [1.54, 1.807) is 30.5 Å². The van der Waals surface area contributed by atoms with Crippen molar-refractivity contribution in [3.63, 3.8) is 0 Å². The first-order valence-electron chi connectivity index (χ1n) is 8.26. The fourth-order valence-electron chi connectivity index (χ4n) is 2.96. The van der Waals surface area contributed by atoms with Crippen LogP contribution in [0, 0.1) is 0 Å². The van der Waals surface area contributed by atoms with E-state index in [-0.39, 0.29) is 17.3 Å². The Hall–Kier alpha value is -2.71. The summed E-state index contributed by atoms with van der Waals surface area (Å²) in [6.07, 6.45) is 3.52. The minimum absolute atomic E-state index is 0.00750. The van der Waals surface area contributed by atoms with Crippen LogP contribution >= 0.6 is 11.6 Å². The molecule has 0 unspecified atom stereocenters. The molecule has 1 saturated heterocycles. The Bertz CT molecular complexity index is 1010. The molecule has 26 heavy (non-hydrogen) atoms. The van der Waals surface area contributed by atoms with Crippen LogP contribution in [0.25, 0.3) is 16.8 Å². The van der Waals surface area contributed by atoms with E-state index in [0.717, 1.165) is 18.4 Å². The lowest BCUT2D eigenvalue weighted by molar-refractivity contribution is 0.0855. The van der Waals surface area contributed by atoms with Crippen LogP contribution in [0.1, 0.15) is 23.3 Å². The SMILES string of the molecule is O=C(NC[C@H]1CCCO1)c1nnn2cc(-c3ccc(Cl)cc3)[nH]c(=O)c12. The Labute approximate surface area is 153 Å². The number of nitrogens with one attached hydrogen (secondary N) is 2. The molecule has 4 rings (SSSR count). The van der Waals surface area contributed by atoms with Gasteiger partial charge in [-0.1, -0.05) is 28.9 Å². The topological polar surface area (TPSA) is 101 Å². The van der Waals surface area contributed by atoms with Gasteiger partial charge in [0, 0.05) is 18.2 Å². The molecule has 1 aliphatic rings. The van der Waals surface area contributed by atoms with Gasteiger partial charge >= 0.3 is 0 Å². The van der Waals surface area contributed by atoms with E-state index in [0.29, 0.717) is 23.9 Å². The molecule has 3 aromatic rings. The number of benzene rings is 1. The van der Waals surface area contributed by atoms with Crippen molar-refractivity contribution in [2.75, 3.05) is 13.2 Å². The van der Waals surface area contributed by atoms with E-state index in [9.17, 15) is 9.59 Å². The maximum Gasteiger partial charge on any atom is 0.276 e. The van der Waals surface area contributed by atoms with E-state index in [4.69, 9.17) is 16.3 Å². The molecule has 0 saturated carbocycles. The van der Waals surface area contributed by atoms with E-state index < -0.39 is 11.5 Å². The van der Waals surface area contributed by atoms with Crippen molar-refractivity contribution < 1.29 is 9.53 Å². The monoisotopic (exact) mass is 373 g/mol. The largest absolute Gasteiger partial charge is 0.376 e. The fraction of sp³-hybridized carbons (Fsp3) is 0.294. The van der Waals surface area contributed by atoms with Crippen LogP contribution in [-0.2, 0) is 4.74 Å². The number of carbonyl (C=O) groups excluding carboxylic acids is 1. The summed E-state index contributed by atoms with van der Waals surface area (Å²) in [5, 5.41) is 11.1. The lowest BCUT2D eigenvalue weighted by Crippen LogP contribution is -2.32. The van der Waals surface area contributed by atoms with Gasteiger partial charge in [-0.05, 0) is 30.5 Å². The maximum absolute atomic E-state index is 12.5. The molecule has 0 spiro atoms. The van der Waals surface area contributed by atoms with Crippen LogP contribution < -0.4 is 10.9 Å². The van der Waals surface area contributed by atoms with Gasteiger partial charge in [-0.15, -0.1) is 5.10 Å². The molecule has 8 nitrogen and oxygen atoms in total. The molecular formula is C17H16ClN5O3. The van der Waals surface area contributed by atoms with Crippen molar-refractivity contribution in [3.8, 4) is 11.3 Å². The summed E-state index contributed by atoms with van der Waals surface area (Å²) in [5.74, 6) is -0.444. The maximum atomic E-state index is 12.5. The standard InChI is InChI=1S/C17H16ClN5O3/c18-11-5-3-10(4-6-11)13-9-23-15(17(25)20-13)14(21-22-23)16(24)19-8-12-2-1-7-26-12/h3-6,9,12H,1-2,7-8H2,(H,19,24)(H,20,25)/t12-/m1/s1. The van der Waals surface area contributed by atoms with Gasteiger partial charge in [-0.2, -0.15) is 0 Å². The van der Waals surface area contributed by atoms with Gasteiger partial charge in [-0.25, -0.2) is 4.52 Å². The number of halogens is 1. The molecule has 0 bridgehead atoms. The Morgan fingerprint density at radius 3 is 2.92 bits per heavy atom. The Morgan fingerprint density at radius 2 is 2.19 bits per heavy atom. The number of fused-ring (bicyclic) bond motifs is 1. The lowest BCUT2D eigenvalue weighted by atomic mass is 10.1. The molecule has 1 fully saturated rings. The summed E-state index contributed by atoms with van der Waals surface area (Å²) in [6, 6.07) is 7.02. The average molecular weight is 374 g/mol. The van der Waals surface area contributed by atoms with Crippen LogP contribution in [0.2, 0.25) is 5.02 Å². The van der Waals surface area contributed by atoms with E-state index in [1.807, 2.05) is 0 Å². The van der Waals surface area contributed by atoms with Gasteiger partial charge < -0.3 is 15.0 Å². The highest BCUT2D eigenvalue weighted by Crippen LogP contribution is 2.19. The van der Waals surface area contributed by atoms with Crippen molar-refractivity contribution in [1.29, 1.82) is 0 Å². The second kappa shape index (κ2) is 6.89. The molecule has 2 N–H and O–H groups in total. The Balaban J connectivity index is 1.62. The molecule has 1 aromatic carbocycles. The molecule has 0 radical (unpaired) electrons. The number of nitrogens with zero attached hydrogens (tertiary/aromatic N) is 3. The lowest BCUT2D eigenvalue weighted by Gasteiger charge is -2.09. The summed E-state index contributed by atoms with van der Waals surface area (Å²) in [7, 11) is 0. The second-order valence-electron chi connectivity index (χ2n) is 6.08. The van der Waals surface area contributed by atoms with Gasteiger partial charge in [0.2, 0.25) is 0 Å². The minimum atomic E-state index is -0.444. The quantitative estimate of drug-likeness (QED) is 0.724. The van der Waals surface area contributed by atoms with Crippen molar-refractivity contribution in [2.45, 2.75) is 18.9 Å². The van der Waals surface area contributed by atoms with Crippen molar-refractivity contribution in [2.24, 2.45) is 0 Å². The Morgan fingerprint density at radius 1 is 1.38 bits per heavy atom. The molecule has 9 heteroatoms. The number of ether oxygens (including phenoxy) is 1. The number of aromatic nitrogens is 4. The van der Waals surface area contributed by atoms with Crippen LogP contribution in [0.15, 0.2) is 35.3 Å². The molecule has 1 atom stereocenters. The fourth-order valence-corrected chi connectivity index (χ4v) is 3.08. The third-order valence-electron chi connectivity index (χ3n) is 4.29. The highest BCUT2D eigenvalue weighted by Gasteiger charge is 2.21.